The van der Waals surface area contributed by atoms with E-state index in [1.165, 1.54) is 6.07 Å². The second-order valence-corrected chi connectivity index (χ2v) is 5.37. The third-order valence-electron chi connectivity index (χ3n) is 3.89. The minimum Gasteiger partial charge on any atom is -0.317 e. The third kappa shape index (κ3) is 3.78. The van der Waals surface area contributed by atoms with Crippen molar-refractivity contribution < 1.29 is 4.39 Å². The Hall–Kier alpha value is -1.44. The van der Waals surface area contributed by atoms with Crippen molar-refractivity contribution >= 4 is 0 Å². The summed E-state index contributed by atoms with van der Waals surface area (Å²) in [6.45, 7) is 5.87. The molecule has 2 rings (SSSR count). The highest BCUT2D eigenvalue weighted by Gasteiger charge is 2.21. The molecule has 0 saturated carbocycles. The van der Waals surface area contributed by atoms with Gasteiger partial charge in [0.05, 0.1) is 11.6 Å². The van der Waals surface area contributed by atoms with Crippen LogP contribution in [0.5, 0.6) is 0 Å². The molecule has 1 saturated heterocycles. The summed E-state index contributed by atoms with van der Waals surface area (Å²) < 4.78 is 14.0. The van der Waals surface area contributed by atoms with Crippen molar-refractivity contribution in [2.45, 2.75) is 38.8 Å². The Morgan fingerprint density at radius 1 is 1.40 bits per heavy atom. The number of hydrogen-bond acceptors (Lipinski definition) is 3. The second kappa shape index (κ2) is 7.37. The number of nitriles is 1. The van der Waals surface area contributed by atoms with Gasteiger partial charge in [-0.05, 0) is 51.0 Å². The number of piperidine rings is 1. The second-order valence-electron chi connectivity index (χ2n) is 5.37. The van der Waals surface area contributed by atoms with Gasteiger partial charge in [-0.3, -0.25) is 4.90 Å². The average molecular weight is 275 g/mol. The van der Waals surface area contributed by atoms with Gasteiger partial charge in [-0.1, -0.05) is 13.0 Å². The normalized spacial score (nSPS) is 16.3. The molecule has 0 unspecified atom stereocenters. The summed E-state index contributed by atoms with van der Waals surface area (Å²) in [5, 5.41) is 12.2. The zero-order chi connectivity index (χ0) is 14.4. The lowest BCUT2D eigenvalue weighted by Gasteiger charge is -2.34. The molecule has 0 atom stereocenters. The van der Waals surface area contributed by atoms with Gasteiger partial charge in [0.15, 0.2) is 0 Å². The van der Waals surface area contributed by atoms with Crippen LogP contribution in [0.4, 0.5) is 4.39 Å². The van der Waals surface area contributed by atoms with E-state index >= 15 is 0 Å². The van der Waals surface area contributed by atoms with E-state index < -0.39 is 0 Å². The lowest BCUT2D eigenvalue weighted by molar-refractivity contribution is 0.152. The Morgan fingerprint density at radius 3 is 2.75 bits per heavy atom. The summed E-state index contributed by atoms with van der Waals surface area (Å²) in [5.41, 5.74) is 1.08. The molecule has 1 fully saturated rings. The summed E-state index contributed by atoms with van der Waals surface area (Å²) in [6.07, 6.45) is 3.32. The largest absolute Gasteiger partial charge is 0.317 e. The monoisotopic (exact) mass is 275 g/mol. The first-order valence-electron chi connectivity index (χ1n) is 7.38. The van der Waals surface area contributed by atoms with E-state index in [0.717, 1.165) is 38.9 Å². The molecular weight excluding hydrogens is 253 g/mol. The minimum atomic E-state index is -0.265. The molecule has 1 N–H and O–H groups in total. The van der Waals surface area contributed by atoms with Crippen LogP contribution in [-0.4, -0.2) is 30.6 Å². The Morgan fingerprint density at radius 2 is 2.15 bits per heavy atom. The Labute approximate surface area is 120 Å². The zero-order valence-corrected chi connectivity index (χ0v) is 12.0. The van der Waals surface area contributed by atoms with Crippen LogP contribution in [0, 0.1) is 17.1 Å². The van der Waals surface area contributed by atoms with E-state index in [1.54, 1.807) is 12.1 Å². The van der Waals surface area contributed by atoms with E-state index in [9.17, 15) is 4.39 Å². The third-order valence-corrected chi connectivity index (χ3v) is 3.89. The smallest absolute Gasteiger partial charge is 0.129 e. The van der Waals surface area contributed by atoms with E-state index in [1.807, 2.05) is 6.07 Å². The van der Waals surface area contributed by atoms with E-state index in [0.29, 0.717) is 23.7 Å². The molecule has 0 radical (unpaired) electrons. The molecule has 1 aliphatic rings. The molecule has 1 heterocycles. The van der Waals surface area contributed by atoms with Crippen LogP contribution in [0.2, 0.25) is 0 Å². The van der Waals surface area contributed by atoms with Gasteiger partial charge in [-0.15, -0.1) is 0 Å². The van der Waals surface area contributed by atoms with Crippen LogP contribution < -0.4 is 5.32 Å². The fraction of sp³-hybridized carbons (Fsp3) is 0.562. The molecule has 0 aromatic heterocycles. The summed E-state index contributed by atoms with van der Waals surface area (Å²) >= 11 is 0. The molecule has 1 aliphatic heterocycles. The summed E-state index contributed by atoms with van der Waals surface area (Å²) in [5.74, 6) is -0.265. The number of rotatable bonds is 5. The Balaban J connectivity index is 2.09. The van der Waals surface area contributed by atoms with Gasteiger partial charge in [0, 0.05) is 18.2 Å². The van der Waals surface area contributed by atoms with Gasteiger partial charge in [0.1, 0.15) is 5.82 Å². The Kier molecular flexibility index (Phi) is 5.51. The van der Waals surface area contributed by atoms with E-state index in [4.69, 9.17) is 5.26 Å². The Bertz CT molecular complexity index is 475. The maximum absolute atomic E-state index is 14.0. The van der Waals surface area contributed by atoms with Crippen molar-refractivity contribution in [1.29, 1.82) is 5.26 Å². The van der Waals surface area contributed by atoms with Crippen molar-refractivity contribution in [2.24, 2.45) is 0 Å². The highest BCUT2D eigenvalue weighted by Crippen LogP contribution is 2.18. The lowest BCUT2D eigenvalue weighted by Crippen LogP contribution is -2.43. The van der Waals surface area contributed by atoms with Gasteiger partial charge in [0.2, 0.25) is 0 Å². The summed E-state index contributed by atoms with van der Waals surface area (Å²) in [7, 11) is 0. The molecule has 20 heavy (non-hydrogen) atoms. The number of halogens is 1. The summed E-state index contributed by atoms with van der Waals surface area (Å²) in [6, 6.07) is 7.29. The van der Waals surface area contributed by atoms with Crippen molar-refractivity contribution in [1.82, 2.24) is 10.2 Å². The molecule has 0 aliphatic carbocycles. The number of nitrogens with zero attached hydrogens (tertiary/aromatic N) is 2. The highest BCUT2D eigenvalue weighted by atomic mass is 19.1. The molecule has 0 bridgehead atoms. The van der Waals surface area contributed by atoms with Crippen molar-refractivity contribution in [3.05, 3.63) is 35.1 Å². The first-order chi connectivity index (χ1) is 9.74. The van der Waals surface area contributed by atoms with Crippen LogP contribution in [0.15, 0.2) is 18.2 Å². The first kappa shape index (κ1) is 15.0. The zero-order valence-electron chi connectivity index (χ0n) is 12.0. The predicted octanol–water partition coefficient (Wildman–Crippen LogP) is 2.66. The number of nitrogens with one attached hydrogen (secondary N) is 1. The van der Waals surface area contributed by atoms with Crippen molar-refractivity contribution in [2.75, 3.05) is 19.6 Å². The minimum absolute atomic E-state index is 0.265. The molecule has 3 nitrogen and oxygen atoms in total. The molecular formula is C16H22FN3. The SMILES string of the molecule is CCCN(Cc1ccc(C#N)cc1F)C1CCNCC1. The molecule has 108 valence electrons. The molecule has 0 spiro atoms. The topological polar surface area (TPSA) is 39.1 Å². The number of hydrogen-bond donors (Lipinski definition) is 1. The van der Waals surface area contributed by atoms with Crippen LogP contribution in [-0.2, 0) is 6.54 Å². The average Bonchev–Trinajstić information content (AvgIpc) is 2.49. The fourth-order valence-electron chi connectivity index (χ4n) is 2.81. The number of benzene rings is 1. The van der Waals surface area contributed by atoms with Gasteiger partial charge < -0.3 is 5.32 Å². The van der Waals surface area contributed by atoms with Gasteiger partial charge in [-0.25, -0.2) is 4.39 Å². The quantitative estimate of drug-likeness (QED) is 0.898. The highest BCUT2D eigenvalue weighted by molar-refractivity contribution is 5.32. The molecule has 1 aromatic carbocycles. The van der Waals surface area contributed by atoms with E-state index in [2.05, 4.69) is 17.1 Å². The maximum Gasteiger partial charge on any atom is 0.129 e. The van der Waals surface area contributed by atoms with Gasteiger partial charge in [-0.2, -0.15) is 5.26 Å². The molecule has 0 amide bonds. The van der Waals surface area contributed by atoms with Crippen molar-refractivity contribution in [3.63, 3.8) is 0 Å². The predicted molar refractivity (Wildman–Crippen MR) is 77.7 cm³/mol. The first-order valence-corrected chi connectivity index (χ1v) is 7.38. The fourth-order valence-corrected chi connectivity index (χ4v) is 2.81. The maximum atomic E-state index is 14.0. The summed E-state index contributed by atoms with van der Waals surface area (Å²) in [4.78, 5) is 2.38. The molecule has 1 aromatic rings. The van der Waals surface area contributed by atoms with Gasteiger partial charge in [0.25, 0.3) is 0 Å². The molecule has 4 heteroatoms. The van der Waals surface area contributed by atoms with E-state index in [-0.39, 0.29) is 5.82 Å². The van der Waals surface area contributed by atoms with Crippen LogP contribution >= 0.6 is 0 Å². The standard InChI is InChI=1S/C16H22FN3/c1-2-9-20(15-5-7-19-8-6-15)12-14-4-3-13(11-18)10-16(14)17/h3-4,10,15,19H,2,5-9,12H2,1H3. The van der Waals surface area contributed by atoms with Crippen LogP contribution in [0.25, 0.3) is 0 Å². The van der Waals surface area contributed by atoms with Gasteiger partial charge >= 0.3 is 0 Å². The van der Waals surface area contributed by atoms with Crippen LogP contribution in [0.3, 0.4) is 0 Å². The van der Waals surface area contributed by atoms with Crippen molar-refractivity contribution in [3.8, 4) is 6.07 Å². The lowest BCUT2D eigenvalue weighted by atomic mass is 10.0. The van der Waals surface area contributed by atoms with Crippen LogP contribution in [0.1, 0.15) is 37.3 Å².